The molecule has 1 aliphatic heterocycles. The predicted molar refractivity (Wildman–Crippen MR) is 99.9 cm³/mol. The molecule has 0 radical (unpaired) electrons. The van der Waals surface area contributed by atoms with Crippen LogP contribution in [0.2, 0.25) is 0 Å². The van der Waals surface area contributed by atoms with Crippen molar-refractivity contribution < 1.29 is 4.39 Å². The minimum atomic E-state index is -0.256. The largest absolute Gasteiger partial charge is 0.352 e. The van der Waals surface area contributed by atoms with E-state index < -0.39 is 0 Å². The molecule has 0 saturated carbocycles. The molecule has 1 aliphatic rings. The number of imidazole rings is 1. The molecular formula is C16H21FIN5. The Balaban J connectivity index is 0.00000192. The molecule has 1 saturated heterocycles. The lowest BCUT2D eigenvalue weighted by atomic mass is 10.2. The van der Waals surface area contributed by atoms with Crippen LogP contribution in [-0.4, -0.2) is 40.5 Å². The van der Waals surface area contributed by atoms with E-state index in [1.807, 2.05) is 6.07 Å². The van der Waals surface area contributed by atoms with Gasteiger partial charge < -0.3 is 14.8 Å². The zero-order valence-corrected chi connectivity index (χ0v) is 15.4. The van der Waals surface area contributed by atoms with Crippen molar-refractivity contribution in [1.82, 2.24) is 19.8 Å². The summed E-state index contributed by atoms with van der Waals surface area (Å²) in [5.41, 5.74) is 1.40. The Kier molecular flexibility index (Phi) is 6.37. The van der Waals surface area contributed by atoms with E-state index >= 15 is 0 Å². The van der Waals surface area contributed by atoms with Gasteiger partial charge in [-0.05, 0) is 30.5 Å². The van der Waals surface area contributed by atoms with Crippen LogP contribution in [0.15, 0.2) is 41.9 Å². The molecule has 1 N–H and O–H groups in total. The van der Waals surface area contributed by atoms with Crippen LogP contribution in [0.3, 0.4) is 0 Å². The van der Waals surface area contributed by atoms with Crippen LogP contribution in [0.4, 0.5) is 4.39 Å². The summed E-state index contributed by atoms with van der Waals surface area (Å²) in [7, 11) is 1.78. The second kappa shape index (κ2) is 8.28. The number of aromatic nitrogens is 2. The molecule has 0 aliphatic carbocycles. The molecule has 2 heterocycles. The molecule has 0 unspecified atom stereocenters. The van der Waals surface area contributed by atoms with Gasteiger partial charge in [-0.15, -0.1) is 24.0 Å². The number of likely N-dealkylation sites (tertiary alicyclic amines) is 1. The maximum absolute atomic E-state index is 14.2. The molecular weight excluding hydrogens is 408 g/mol. The molecule has 124 valence electrons. The Morgan fingerprint density at radius 3 is 2.74 bits per heavy atom. The van der Waals surface area contributed by atoms with Crippen LogP contribution >= 0.6 is 24.0 Å². The molecule has 5 nitrogen and oxygen atoms in total. The second-order valence-corrected chi connectivity index (χ2v) is 5.35. The van der Waals surface area contributed by atoms with Gasteiger partial charge in [0, 0.05) is 39.1 Å². The normalized spacial score (nSPS) is 14.7. The quantitative estimate of drug-likeness (QED) is 0.464. The second-order valence-electron chi connectivity index (χ2n) is 5.35. The van der Waals surface area contributed by atoms with Gasteiger partial charge in [-0.2, -0.15) is 0 Å². The van der Waals surface area contributed by atoms with Crippen molar-refractivity contribution >= 4 is 29.9 Å². The molecule has 23 heavy (non-hydrogen) atoms. The Morgan fingerprint density at radius 1 is 1.35 bits per heavy atom. The van der Waals surface area contributed by atoms with E-state index in [0.29, 0.717) is 12.2 Å². The zero-order valence-electron chi connectivity index (χ0n) is 13.1. The van der Waals surface area contributed by atoms with E-state index in [2.05, 4.69) is 20.2 Å². The van der Waals surface area contributed by atoms with Gasteiger partial charge in [0.25, 0.3) is 0 Å². The van der Waals surface area contributed by atoms with Crippen molar-refractivity contribution in [2.45, 2.75) is 19.4 Å². The SMILES string of the molecule is CN=C(NCc1ccc(-n2ccnc2)c(F)c1)N1CCCC1.I. The Morgan fingerprint density at radius 2 is 2.13 bits per heavy atom. The van der Waals surface area contributed by atoms with Gasteiger partial charge in [-0.25, -0.2) is 9.37 Å². The lowest BCUT2D eigenvalue weighted by Gasteiger charge is -2.21. The number of rotatable bonds is 3. The lowest BCUT2D eigenvalue weighted by Crippen LogP contribution is -2.39. The first-order chi connectivity index (χ1) is 10.8. The summed E-state index contributed by atoms with van der Waals surface area (Å²) >= 11 is 0. The third-order valence-corrected chi connectivity index (χ3v) is 3.86. The number of benzene rings is 1. The van der Waals surface area contributed by atoms with Crippen LogP contribution in [0.1, 0.15) is 18.4 Å². The summed E-state index contributed by atoms with van der Waals surface area (Å²) < 4.78 is 15.9. The molecule has 0 spiro atoms. The van der Waals surface area contributed by atoms with Crippen molar-refractivity contribution in [3.8, 4) is 5.69 Å². The monoisotopic (exact) mass is 429 g/mol. The van der Waals surface area contributed by atoms with E-state index in [9.17, 15) is 4.39 Å². The zero-order chi connectivity index (χ0) is 15.4. The first-order valence-electron chi connectivity index (χ1n) is 7.50. The average molecular weight is 429 g/mol. The number of halogens is 2. The Hall–Kier alpha value is -1.64. The van der Waals surface area contributed by atoms with E-state index in [1.54, 1.807) is 42.5 Å². The van der Waals surface area contributed by atoms with Gasteiger partial charge in [0.05, 0.1) is 12.0 Å². The number of nitrogens with one attached hydrogen (secondary N) is 1. The molecule has 2 aromatic rings. The molecule has 7 heteroatoms. The van der Waals surface area contributed by atoms with Crippen LogP contribution in [0.25, 0.3) is 5.69 Å². The fourth-order valence-corrected chi connectivity index (χ4v) is 2.71. The minimum absolute atomic E-state index is 0. The summed E-state index contributed by atoms with van der Waals surface area (Å²) in [6.45, 7) is 2.63. The minimum Gasteiger partial charge on any atom is -0.352 e. The number of hydrogen-bond donors (Lipinski definition) is 1. The molecule has 1 aromatic heterocycles. The Bertz CT molecular complexity index is 650. The van der Waals surface area contributed by atoms with Gasteiger partial charge in [0.2, 0.25) is 0 Å². The third kappa shape index (κ3) is 4.21. The van der Waals surface area contributed by atoms with Crippen molar-refractivity contribution in [3.05, 3.63) is 48.3 Å². The maximum Gasteiger partial charge on any atom is 0.193 e. The molecule has 3 rings (SSSR count). The van der Waals surface area contributed by atoms with Crippen LogP contribution in [-0.2, 0) is 6.54 Å². The molecule has 0 amide bonds. The van der Waals surface area contributed by atoms with Crippen LogP contribution in [0.5, 0.6) is 0 Å². The predicted octanol–water partition coefficient (Wildman–Crippen LogP) is 2.80. The van der Waals surface area contributed by atoms with Gasteiger partial charge in [0.1, 0.15) is 5.82 Å². The smallest absolute Gasteiger partial charge is 0.193 e. The highest BCUT2D eigenvalue weighted by molar-refractivity contribution is 14.0. The van der Waals surface area contributed by atoms with Crippen molar-refractivity contribution in [3.63, 3.8) is 0 Å². The number of guanidine groups is 1. The van der Waals surface area contributed by atoms with E-state index in [0.717, 1.165) is 24.6 Å². The number of aliphatic imine (C=N–C) groups is 1. The summed E-state index contributed by atoms with van der Waals surface area (Å²) in [5.74, 6) is 0.630. The molecule has 0 atom stereocenters. The number of hydrogen-bond acceptors (Lipinski definition) is 2. The van der Waals surface area contributed by atoms with Crippen LogP contribution < -0.4 is 5.32 Å². The first kappa shape index (κ1) is 17.7. The molecule has 0 bridgehead atoms. The number of nitrogens with zero attached hydrogens (tertiary/aromatic N) is 4. The van der Waals surface area contributed by atoms with E-state index in [4.69, 9.17) is 0 Å². The van der Waals surface area contributed by atoms with Gasteiger partial charge in [0.15, 0.2) is 5.96 Å². The third-order valence-electron chi connectivity index (χ3n) is 3.86. The van der Waals surface area contributed by atoms with Crippen molar-refractivity contribution in [1.29, 1.82) is 0 Å². The average Bonchev–Trinajstić information content (AvgIpc) is 3.21. The molecule has 1 aromatic carbocycles. The van der Waals surface area contributed by atoms with Gasteiger partial charge in [-0.1, -0.05) is 6.07 Å². The Labute approximate surface area is 152 Å². The van der Waals surface area contributed by atoms with Crippen molar-refractivity contribution in [2.75, 3.05) is 20.1 Å². The summed E-state index contributed by atoms with van der Waals surface area (Å²) in [6, 6.07) is 5.24. The lowest BCUT2D eigenvalue weighted by molar-refractivity contribution is 0.493. The van der Waals surface area contributed by atoms with E-state index in [1.165, 1.54) is 12.8 Å². The summed E-state index contributed by atoms with van der Waals surface area (Å²) in [5, 5.41) is 3.30. The topological polar surface area (TPSA) is 45.5 Å². The fraction of sp³-hybridized carbons (Fsp3) is 0.375. The standard InChI is InChI=1S/C16H20FN5.HI/c1-18-16(21-7-2-3-8-21)20-11-13-4-5-15(14(17)10-13)22-9-6-19-12-22;/h4-6,9-10,12H,2-3,7-8,11H2,1H3,(H,18,20);1H. The van der Waals surface area contributed by atoms with E-state index in [-0.39, 0.29) is 29.8 Å². The highest BCUT2D eigenvalue weighted by Gasteiger charge is 2.15. The van der Waals surface area contributed by atoms with Crippen molar-refractivity contribution in [2.24, 2.45) is 4.99 Å². The first-order valence-corrected chi connectivity index (χ1v) is 7.50. The van der Waals surface area contributed by atoms with Gasteiger partial charge in [-0.3, -0.25) is 4.99 Å². The highest BCUT2D eigenvalue weighted by Crippen LogP contribution is 2.15. The summed E-state index contributed by atoms with van der Waals surface area (Å²) in [6.07, 6.45) is 7.36. The highest BCUT2D eigenvalue weighted by atomic mass is 127. The van der Waals surface area contributed by atoms with Crippen LogP contribution in [0, 0.1) is 5.82 Å². The summed E-state index contributed by atoms with van der Waals surface area (Å²) in [4.78, 5) is 10.5. The maximum atomic E-state index is 14.2. The van der Waals surface area contributed by atoms with Gasteiger partial charge >= 0.3 is 0 Å². The fourth-order valence-electron chi connectivity index (χ4n) is 2.71. The molecule has 1 fully saturated rings.